The first-order chi connectivity index (χ1) is 5.96. The van der Waals surface area contributed by atoms with Crippen molar-refractivity contribution in [2.75, 3.05) is 0 Å². The number of hydrogen-bond donors (Lipinski definition) is 0. The van der Waals surface area contributed by atoms with Gasteiger partial charge in [0.2, 0.25) is 3.79 Å². The molecule has 0 N–H and O–H groups in total. The van der Waals surface area contributed by atoms with Crippen LogP contribution in [0.1, 0.15) is 11.1 Å². The Hall–Kier alpha value is 0.860. The summed E-state index contributed by atoms with van der Waals surface area (Å²) in [5, 5.41) is 0. The molecule has 0 saturated carbocycles. The zero-order valence-electron chi connectivity index (χ0n) is 6.33. The van der Waals surface area contributed by atoms with Crippen molar-refractivity contribution in [3.05, 3.63) is 33.8 Å². The molecule has 0 aliphatic carbocycles. The number of halogens is 5. The van der Waals surface area contributed by atoms with Crippen molar-refractivity contribution in [3.8, 4) is 0 Å². The van der Waals surface area contributed by atoms with E-state index in [0.717, 1.165) is 10.0 Å². The Morgan fingerprint density at radius 2 is 1.85 bits per heavy atom. The van der Waals surface area contributed by atoms with Crippen molar-refractivity contribution in [1.29, 1.82) is 0 Å². The Balaban J connectivity index is 3.24. The highest BCUT2D eigenvalue weighted by Crippen LogP contribution is 2.42. The van der Waals surface area contributed by atoms with Gasteiger partial charge in [-0.3, -0.25) is 0 Å². The minimum atomic E-state index is -1.42. The molecule has 72 valence electrons. The lowest BCUT2D eigenvalue weighted by atomic mass is 10.1. The van der Waals surface area contributed by atoms with Gasteiger partial charge >= 0.3 is 0 Å². The first-order valence-corrected chi connectivity index (χ1v) is 5.83. The van der Waals surface area contributed by atoms with Crippen molar-refractivity contribution >= 4 is 62.3 Å². The largest absolute Gasteiger partial charge is 0.217 e. The van der Waals surface area contributed by atoms with Crippen LogP contribution in [-0.2, 0) is 9.67 Å². The Labute approximate surface area is 105 Å². The van der Waals surface area contributed by atoms with Crippen molar-refractivity contribution in [1.82, 2.24) is 0 Å². The van der Waals surface area contributed by atoms with Gasteiger partial charge in [-0.05, 0) is 5.56 Å². The van der Waals surface area contributed by atoms with Crippen LogP contribution in [0.5, 0.6) is 0 Å². The lowest BCUT2D eigenvalue weighted by molar-refractivity contribution is 1.19. The predicted molar refractivity (Wildman–Crippen MR) is 62.9 cm³/mol. The van der Waals surface area contributed by atoms with Crippen molar-refractivity contribution in [2.45, 2.75) is 9.67 Å². The smallest absolute Gasteiger partial charge is 0.122 e. The van der Waals surface area contributed by atoms with Crippen molar-refractivity contribution in [3.63, 3.8) is 0 Å². The maximum absolute atomic E-state index is 5.75. The van der Waals surface area contributed by atoms with Crippen LogP contribution in [0, 0.1) is 0 Å². The zero-order valence-corrected chi connectivity index (χ0v) is 10.9. The van der Waals surface area contributed by atoms with Gasteiger partial charge in [0, 0.05) is 15.9 Å². The fourth-order valence-electron chi connectivity index (χ4n) is 0.902. The van der Waals surface area contributed by atoms with E-state index in [1.807, 2.05) is 6.07 Å². The first kappa shape index (κ1) is 11.9. The molecular weight excluding hydrogens is 318 g/mol. The highest BCUT2D eigenvalue weighted by molar-refractivity contribution is 9.10. The average Bonchev–Trinajstić information content (AvgIpc) is 2.02. The molecule has 5 heteroatoms. The molecular formula is C8H5BrCl4. The van der Waals surface area contributed by atoms with E-state index in [1.165, 1.54) is 0 Å². The van der Waals surface area contributed by atoms with Crippen molar-refractivity contribution in [2.24, 2.45) is 0 Å². The molecule has 0 unspecified atom stereocenters. The van der Waals surface area contributed by atoms with Crippen LogP contribution in [0.2, 0.25) is 0 Å². The summed E-state index contributed by atoms with van der Waals surface area (Å²) in [5.41, 5.74) is 1.51. The molecule has 0 bridgehead atoms. The topological polar surface area (TPSA) is 0 Å². The minimum absolute atomic E-state index is 0.384. The molecule has 0 atom stereocenters. The standard InChI is InChI=1S/C8H5BrCl4/c9-7-5(4-10)2-1-3-6(7)8(11,12)13/h1-3H,4H2. The average molecular weight is 323 g/mol. The molecule has 0 aliphatic rings. The van der Waals surface area contributed by atoms with Gasteiger partial charge in [-0.25, -0.2) is 0 Å². The SMILES string of the molecule is ClCc1cccc(C(Cl)(Cl)Cl)c1Br. The van der Waals surface area contributed by atoms with E-state index < -0.39 is 3.79 Å². The summed E-state index contributed by atoms with van der Waals surface area (Å²) in [5.74, 6) is 0.384. The second kappa shape index (κ2) is 4.59. The Kier molecular flexibility index (Phi) is 4.21. The Bertz CT molecular complexity index is 306. The third-order valence-electron chi connectivity index (χ3n) is 1.53. The minimum Gasteiger partial charge on any atom is -0.122 e. The number of benzene rings is 1. The summed E-state index contributed by atoms with van der Waals surface area (Å²) in [6.07, 6.45) is 0. The van der Waals surface area contributed by atoms with Gasteiger partial charge in [-0.1, -0.05) is 68.9 Å². The molecule has 1 aromatic rings. The Morgan fingerprint density at radius 3 is 2.31 bits per heavy atom. The van der Waals surface area contributed by atoms with E-state index in [2.05, 4.69) is 15.9 Å². The number of rotatable bonds is 1. The maximum Gasteiger partial charge on any atom is 0.217 e. The molecule has 0 amide bonds. The molecule has 1 aromatic carbocycles. The van der Waals surface area contributed by atoms with Crippen LogP contribution in [-0.4, -0.2) is 0 Å². The fourth-order valence-corrected chi connectivity index (χ4v) is 2.80. The van der Waals surface area contributed by atoms with E-state index in [4.69, 9.17) is 46.4 Å². The van der Waals surface area contributed by atoms with Crippen LogP contribution in [0.25, 0.3) is 0 Å². The maximum atomic E-state index is 5.75. The van der Waals surface area contributed by atoms with Gasteiger partial charge in [0.25, 0.3) is 0 Å². The van der Waals surface area contributed by atoms with Gasteiger partial charge in [-0.2, -0.15) is 0 Å². The van der Waals surface area contributed by atoms with Gasteiger partial charge in [0.05, 0.1) is 0 Å². The molecule has 0 fully saturated rings. The summed E-state index contributed by atoms with van der Waals surface area (Å²) < 4.78 is -0.661. The van der Waals surface area contributed by atoms with Crippen LogP contribution in [0.4, 0.5) is 0 Å². The number of alkyl halides is 4. The second-order valence-electron chi connectivity index (χ2n) is 2.41. The monoisotopic (exact) mass is 320 g/mol. The van der Waals surface area contributed by atoms with Gasteiger partial charge in [0.1, 0.15) is 0 Å². The van der Waals surface area contributed by atoms with Crippen LogP contribution >= 0.6 is 62.3 Å². The summed E-state index contributed by atoms with van der Waals surface area (Å²) in [4.78, 5) is 0. The normalized spacial score (nSPS) is 11.8. The third-order valence-corrected chi connectivity index (χ3v) is 3.36. The molecule has 0 radical (unpaired) electrons. The van der Waals surface area contributed by atoms with E-state index in [-0.39, 0.29) is 0 Å². The molecule has 0 aromatic heterocycles. The van der Waals surface area contributed by atoms with Gasteiger partial charge in [0.15, 0.2) is 0 Å². The zero-order chi connectivity index (χ0) is 10.1. The fraction of sp³-hybridized carbons (Fsp3) is 0.250. The summed E-state index contributed by atoms with van der Waals surface area (Å²) in [6, 6.07) is 5.42. The molecule has 1 rings (SSSR count). The molecule has 0 aliphatic heterocycles. The lowest BCUT2D eigenvalue weighted by Crippen LogP contribution is -2.02. The molecule has 13 heavy (non-hydrogen) atoms. The molecule has 0 saturated heterocycles. The number of hydrogen-bond acceptors (Lipinski definition) is 0. The third kappa shape index (κ3) is 2.90. The van der Waals surface area contributed by atoms with E-state index in [0.29, 0.717) is 11.4 Å². The summed E-state index contributed by atoms with van der Waals surface area (Å²) >= 11 is 26.3. The quantitative estimate of drug-likeness (QED) is 0.637. The van der Waals surface area contributed by atoms with E-state index in [1.54, 1.807) is 12.1 Å². The summed E-state index contributed by atoms with van der Waals surface area (Å²) in [6.45, 7) is 0. The van der Waals surface area contributed by atoms with E-state index in [9.17, 15) is 0 Å². The second-order valence-corrected chi connectivity index (χ2v) is 5.75. The van der Waals surface area contributed by atoms with Crippen LogP contribution < -0.4 is 0 Å². The first-order valence-electron chi connectivity index (χ1n) is 3.37. The van der Waals surface area contributed by atoms with Crippen LogP contribution in [0.15, 0.2) is 22.7 Å². The highest BCUT2D eigenvalue weighted by atomic mass is 79.9. The van der Waals surface area contributed by atoms with Gasteiger partial charge in [-0.15, -0.1) is 11.6 Å². The predicted octanol–water partition coefficient (Wildman–Crippen LogP) is 5.01. The van der Waals surface area contributed by atoms with Gasteiger partial charge < -0.3 is 0 Å². The highest BCUT2D eigenvalue weighted by Gasteiger charge is 2.26. The van der Waals surface area contributed by atoms with Crippen LogP contribution in [0.3, 0.4) is 0 Å². The van der Waals surface area contributed by atoms with Crippen molar-refractivity contribution < 1.29 is 0 Å². The molecule has 0 nitrogen and oxygen atoms in total. The lowest BCUT2D eigenvalue weighted by Gasteiger charge is -2.14. The molecule has 0 heterocycles. The summed E-state index contributed by atoms with van der Waals surface area (Å²) in [7, 11) is 0. The van der Waals surface area contributed by atoms with E-state index >= 15 is 0 Å². The molecule has 0 spiro atoms. The Morgan fingerprint density at radius 1 is 1.23 bits per heavy atom.